The third-order valence-corrected chi connectivity index (χ3v) is 3.34. The Morgan fingerprint density at radius 1 is 1.50 bits per heavy atom. The maximum atomic E-state index is 11.6. The average molecular weight is 257 g/mol. The largest absolute Gasteiger partial charge is 0.481 e. The zero-order valence-corrected chi connectivity index (χ0v) is 11.1. The maximum absolute atomic E-state index is 11.6. The zero-order chi connectivity index (χ0) is 13.5. The van der Waals surface area contributed by atoms with Crippen molar-refractivity contribution in [2.24, 2.45) is 0 Å². The molecule has 1 fully saturated rings. The first kappa shape index (κ1) is 14.8. The number of carboxylic acids is 1. The second-order valence-electron chi connectivity index (χ2n) is 4.96. The summed E-state index contributed by atoms with van der Waals surface area (Å²) < 4.78 is 0. The normalized spacial score (nSPS) is 21.6. The van der Waals surface area contributed by atoms with E-state index >= 15 is 0 Å². The van der Waals surface area contributed by atoms with Crippen LogP contribution in [0.15, 0.2) is 0 Å². The summed E-state index contributed by atoms with van der Waals surface area (Å²) in [6.07, 6.45) is 2.82. The molecule has 3 N–H and O–H groups in total. The summed E-state index contributed by atoms with van der Waals surface area (Å²) in [4.78, 5) is 24.2. The number of likely N-dealkylation sites (N-methyl/N-ethyl adjacent to an activating group) is 1. The minimum absolute atomic E-state index is 0.0762. The Bertz CT molecular complexity index is 296. The molecule has 0 aromatic rings. The van der Waals surface area contributed by atoms with Crippen molar-refractivity contribution >= 4 is 12.0 Å². The highest BCUT2D eigenvalue weighted by Crippen LogP contribution is 2.13. The molecule has 18 heavy (non-hydrogen) atoms. The van der Waals surface area contributed by atoms with E-state index in [1.165, 1.54) is 6.42 Å². The van der Waals surface area contributed by atoms with E-state index in [1.54, 1.807) is 0 Å². The van der Waals surface area contributed by atoms with E-state index in [0.717, 1.165) is 13.0 Å². The molecule has 1 rings (SSSR count). The Morgan fingerprint density at radius 2 is 2.22 bits per heavy atom. The third kappa shape index (κ3) is 5.35. The third-order valence-electron chi connectivity index (χ3n) is 3.34. The number of carboxylic acid groups (broad SMARTS) is 1. The Balaban J connectivity index is 2.14. The van der Waals surface area contributed by atoms with Gasteiger partial charge in [-0.3, -0.25) is 4.79 Å². The first-order chi connectivity index (χ1) is 8.49. The van der Waals surface area contributed by atoms with Crippen LogP contribution >= 0.6 is 0 Å². The first-order valence-electron chi connectivity index (χ1n) is 6.45. The highest BCUT2D eigenvalue weighted by molar-refractivity contribution is 5.74. The summed E-state index contributed by atoms with van der Waals surface area (Å²) in [7, 11) is 2.06. The summed E-state index contributed by atoms with van der Waals surface area (Å²) in [6.45, 7) is 3.54. The number of amides is 2. The number of aliphatic carboxylic acids is 1. The lowest BCUT2D eigenvalue weighted by Gasteiger charge is -2.20. The van der Waals surface area contributed by atoms with Gasteiger partial charge in [-0.15, -0.1) is 0 Å². The summed E-state index contributed by atoms with van der Waals surface area (Å²) in [5.74, 6) is -0.836. The average Bonchev–Trinajstić information content (AvgIpc) is 2.69. The van der Waals surface area contributed by atoms with Crippen molar-refractivity contribution in [2.45, 2.75) is 44.7 Å². The molecule has 1 aliphatic rings. The number of hydrogen-bond donors (Lipinski definition) is 3. The molecule has 2 amide bonds. The van der Waals surface area contributed by atoms with Crippen LogP contribution < -0.4 is 10.6 Å². The van der Waals surface area contributed by atoms with Crippen molar-refractivity contribution in [3.8, 4) is 0 Å². The Hall–Kier alpha value is -1.30. The van der Waals surface area contributed by atoms with Gasteiger partial charge in [0.15, 0.2) is 0 Å². The summed E-state index contributed by atoms with van der Waals surface area (Å²) in [5.41, 5.74) is 0. The van der Waals surface area contributed by atoms with Crippen LogP contribution in [0.2, 0.25) is 0 Å². The van der Waals surface area contributed by atoms with Crippen LogP contribution in [0.1, 0.15) is 32.6 Å². The predicted octanol–water partition coefficient (Wildman–Crippen LogP) is 0.633. The molecule has 2 unspecified atom stereocenters. The lowest BCUT2D eigenvalue weighted by molar-refractivity contribution is -0.137. The molecule has 6 heteroatoms. The number of carbonyl (C=O) groups is 2. The van der Waals surface area contributed by atoms with Crippen LogP contribution in [0.25, 0.3) is 0 Å². The number of carbonyl (C=O) groups excluding carboxylic acids is 1. The van der Waals surface area contributed by atoms with E-state index in [2.05, 4.69) is 22.6 Å². The Labute approximate surface area is 108 Å². The molecule has 0 bridgehead atoms. The van der Waals surface area contributed by atoms with Gasteiger partial charge in [0.25, 0.3) is 0 Å². The monoisotopic (exact) mass is 257 g/mol. The minimum atomic E-state index is -0.836. The predicted molar refractivity (Wildman–Crippen MR) is 68.5 cm³/mol. The molecule has 1 saturated heterocycles. The topological polar surface area (TPSA) is 81.7 Å². The molecule has 2 atom stereocenters. The first-order valence-corrected chi connectivity index (χ1v) is 6.45. The highest BCUT2D eigenvalue weighted by atomic mass is 16.4. The van der Waals surface area contributed by atoms with E-state index in [9.17, 15) is 9.59 Å². The molecular weight excluding hydrogens is 234 g/mol. The molecule has 0 aromatic heterocycles. The fourth-order valence-electron chi connectivity index (χ4n) is 2.13. The van der Waals surface area contributed by atoms with E-state index in [4.69, 9.17) is 5.11 Å². The second kappa shape index (κ2) is 7.20. The quantitative estimate of drug-likeness (QED) is 0.652. The van der Waals surface area contributed by atoms with E-state index in [-0.39, 0.29) is 18.5 Å². The van der Waals surface area contributed by atoms with Crippen molar-refractivity contribution in [3.63, 3.8) is 0 Å². The van der Waals surface area contributed by atoms with Gasteiger partial charge in [-0.05, 0) is 39.8 Å². The molecule has 1 aliphatic heterocycles. The molecule has 104 valence electrons. The minimum Gasteiger partial charge on any atom is -0.481 e. The SMILES string of the molecule is CC(CCC(=O)O)NC(=O)NCC1CCCN1C. The number of nitrogens with zero attached hydrogens (tertiary/aromatic N) is 1. The lowest BCUT2D eigenvalue weighted by Crippen LogP contribution is -2.45. The van der Waals surface area contributed by atoms with E-state index < -0.39 is 5.97 Å². The van der Waals surface area contributed by atoms with Crippen molar-refractivity contribution in [3.05, 3.63) is 0 Å². The molecular formula is C12H23N3O3. The van der Waals surface area contributed by atoms with Gasteiger partial charge in [0, 0.05) is 25.0 Å². The summed E-state index contributed by atoms with van der Waals surface area (Å²) in [5, 5.41) is 14.1. The van der Waals surface area contributed by atoms with Gasteiger partial charge in [-0.1, -0.05) is 0 Å². The highest BCUT2D eigenvalue weighted by Gasteiger charge is 2.21. The molecule has 1 heterocycles. The zero-order valence-electron chi connectivity index (χ0n) is 11.1. The van der Waals surface area contributed by atoms with Gasteiger partial charge in [0.1, 0.15) is 0 Å². The number of urea groups is 1. The molecule has 0 saturated carbocycles. The van der Waals surface area contributed by atoms with Gasteiger partial charge >= 0.3 is 12.0 Å². The van der Waals surface area contributed by atoms with Gasteiger partial charge in [-0.2, -0.15) is 0 Å². The fraction of sp³-hybridized carbons (Fsp3) is 0.833. The summed E-state index contributed by atoms with van der Waals surface area (Å²) in [6, 6.07) is 0.0840. The van der Waals surface area contributed by atoms with Crippen molar-refractivity contribution in [1.82, 2.24) is 15.5 Å². The van der Waals surface area contributed by atoms with Crippen molar-refractivity contribution in [2.75, 3.05) is 20.1 Å². The standard InChI is InChI=1S/C12H23N3O3/c1-9(5-6-11(16)17)14-12(18)13-8-10-4-3-7-15(10)2/h9-10H,3-8H2,1-2H3,(H,16,17)(H2,13,14,18). The maximum Gasteiger partial charge on any atom is 0.315 e. The van der Waals surface area contributed by atoms with E-state index in [1.807, 2.05) is 6.92 Å². The molecule has 0 spiro atoms. The van der Waals surface area contributed by atoms with Crippen molar-refractivity contribution in [1.29, 1.82) is 0 Å². The number of hydrogen-bond acceptors (Lipinski definition) is 3. The van der Waals surface area contributed by atoms with Crippen LogP contribution in [0.4, 0.5) is 4.79 Å². The van der Waals surface area contributed by atoms with Crippen LogP contribution in [0, 0.1) is 0 Å². The molecule has 6 nitrogen and oxygen atoms in total. The van der Waals surface area contributed by atoms with Crippen LogP contribution in [-0.2, 0) is 4.79 Å². The Kier molecular flexibility index (Phi) is 5.91. The fourth-order valence-corrected chi connectivity index (χ4v) is 2.13. The second-order valence-corrected chi connectivity index (χ2v) is 4.96. The Morgan fingerprint density at radius 3 is 2.78 bits per heavy atom. The van der Waals surface area contributed by atoms with Gasteiger partial charge in [0.05, 0.1) is 0 Å². The number of nitrogens with one attached hydrogen (secondary N) is 2. The number of likely N-dealkylation sites (tertiary alicyclic amines) is 1. The van der Waals surface area contributed by atoms with Gasteiger partial charge < -0.3 is 20.6 Å². The molecule has 0 aromatic carbocycles. The molecule has 0 aliphatic carbocycles. The van der Waals surface area contributed by atoms with Gasteiger partial charge in [0.2, 0.25) is 0 Å². The van der Waals surface area contributed by atoms with Crippen LogP contribution in [-0.4, -0.2) is 54.2 Å². The molecule has 0 radical (unpaired) electrons. The van der Waals surface area contributed by atoms with Crippen LogP contribution in [0.3, 0.4) is 0 Å². The van der Waals surface area contributed by atoms with Gasteiger partial charge in [-0.25, -0.2) is 4.79 Å². The van der Waals surface area contributed by atoms with E-state index in [0.29, 0.717) is 19.0 Å². The lowest BCUT2D eigenvalue weighted by atomic mass is 10.2. The smallest absolute Gasteiger partial charge is 0.315 e. The van der Waals surface area contributed by atoms with Crippen molar-refractivity contribution < 1.29 is 14.7 Å². The summed E-state index contributed by atoms with van der Waals surface area (Å²) >= 11 is 0. The van der Waals surface area contributed by atoms with Crippen LogP contribution in [0.5, 0.6) is 0 Å². The number of rotatable bonds is 6.